The zero-order chi connectivity index (χ0) is 12.7. The lowest BCUT2D eigenvalue weighted by Crippen LogP contribution is -2.35. The van der Waals surface area contributed by atoms with Crippen LogP contribution in [-0.2, 0) is 4.79 Å². The fourth-order valence-corrected chi connectivity index (χ4v) is 1.47. The van der Waals surface area contributed by atoms with Gasteiger partial charge in [-0.3, -0.25) is 4.79 Å². The molecule has 1 rings (SSSR count). The van der Waals surface area contributed by atoms with E-state index in [2.05, 4.69) is 10.6 Å². The van der Waals surface area contributed by atoms with Crippen molar-refractivity contribution in [1.82, 2.24) is 10.6 Å². The summed E-state index contributed by atoms with van der Waals surface area (Å²) in [6.45, 7) is 4.84. The second-order valence-electron chi connectivity index (χ2n) is 4.01. The second kappa shape index (κ2) is 7.01. The first kappa shape index (κ1) is 13.6. The van der Waals surface area contributed by atoms with Crippen LogP contribution in [0.3, 0.4) is 0 Å². The first-order chi connectivity index (χ1) is 8.13. The van der Waals surface area contributed by atoms with E-state index in [1.54, 1.807) is 6.07 Å². The third kappa shape index (κ3) is 4.95. The van der Waals surface area contributed by atoms with Crippen molar-refractivity contribution in [1.29, 1.82) is 0 Å². The van der Waals surface area contributed by atoms with Crippen LogP contribution in [0, 0.1) is 5.82 Å². The van der Waals surface area contributed by atoms with Crippen LogP contribution in [0.5, 0.6) is 0 Å². The molecule has 0 bridgehead atoms. The van der Waals surface area contributed by atoms with E-state index in [0.29, 0.717) is 6.54 Å². The van der Waals surface area contributed by atoms with Gasteiger partial charge in [0.05, 0.1) is 6.54 Å². The molecule has 2 N–H and O–H groups in total. The Morgan fingerprint density at radius 3 is 2.88 bits per heavy atom. The number of benzene rings is 1. The molecule has 0 radical (unpaired) electrons. The maximum Gasteiger partial charge on any atom is 0.233 e. The maximum atomic E-state index is 13.0. The van der Waals surface area contributed by atoms with E-state index in [9.17, 15) is 9.18 Å². The van der Waals surface area contributed by atoms with Gasteiger partial charge in [-0.05, 0) is 31.0 Å². The quantitative estimate of drug-likeness (QED) is 0.796. The number of carbonyl (C=O) groups is 1. The van der Waals surface area contributed by atoms with Gasteiger partial charge < -0.3 is 10.6 Å². The standard InChI is InChI=1S/C13H19FN2O/c1-3-7-15-13(17)9-16-10(2)11-5-4-6-12(14)8-11/h4-6,8,10,16H,3,7,9H2,1-2H3,(H,15,17)/t10-/m1/s1. The highest BCUT2D eigenvalue weighted by Gasteiger charge is 2.07. The molecular formula is C13H19FN2O. The molecule has 1 atom stereocenters. The van der Waals surface area contributed by atoms with E-state index in [-0.39, 0.29) is 24.3 Å². The van der Waals surface area contributed by atoms with Crippen LogP contribution in [0.25, 0.3) is 0 Å². The summed E-state index contributed by atoms with van der Waals surface area (Å²) in [7, 11) is 0. The van der Waals surface area contributed by atoms with E-state index in [1.807, 2.05) is 19.9 Å². The van der Waals surface area contributed by atoms with Crippen molar-refractivity contribution in [3.05, 3.63) is 35.6 Å². The first-order valence-corrected chi connectivity index (χ1v) is 5.89. The highest BCUT2D eigenvalue weighted by atomic mass is 19.1. The Balaban J connectivity index is 2.39. The molecule has 1 amide bonds. The van der Waals surface area contributed by atoms with Gasteiger partial charge in [-0.25, -0.2) is 4.39 Å². The normalized spacial score (nSPS) is 12.2. The zero-order valence-corrected chi connectivity index (χ0v) is 10.3. The average Bonchev–Trinajstić information content (AvgIpc) is 2.33. The van der Waals surface area contributed by atoms with Gasteiger partial charge in [-0.1, -0.05) is 19.1 Å². The van der Waals surface area contributed by atoms with Gasteiger partial charge in [0.2, 0.25) is 5.91 Å². The van der Waals surface area contributed by atoms with Crippen molar-refractivity contribution < 1.29 is 9.18 Å². The molecule has 94 valence electrons. The van der Waals surface area contributed by atoms with Gasteiger partial charge in [-0.15, -0.1) is 0 Å². The summed E-state index contributed by atoms with van der Waals surface area (Å²) in [6.07, 6.45) is 0.922. The molecule has 17 heavy (non-hydrogen) atoms. The van der Waals surface area contributed by atoms with Crippen molar-refractivity contribution in [3.8, 4) is 0 Å². The average molecular weight is 238 g/mol. The van der Waals surface area contributed by atoms with Crippen molar-refractivity contribution in [2.24, 2.45) is 0 Å². The molecular weight excluding hydrogens is 219 g/mol. The predicted molar refractivity (Wildman–Crippen MR) is 66.1 cm³/mol. The molecule has 0 aliphatic rings. The molecule has 0 spiro atoms. The number of halogens is 1. The molecule has 3 nitrogen and oxygen atoms in total. The first-order valence-electron chi connectivity index (χ1n) is 5.89. The number of hydrogen-bond acceptors (Lipinski definition) is 2. The summed E-state index contributed by atoms with van der Waals surface area (Å²) >= 11 is 0. The van der Waals surface area contributed by atoms with Crippen LogP contribution >= 0.6 is 0 Å². The van der Waals surface area contributed by atoms with Crippen molar-refractivity contribution >= 4 is 5.91 Å². The van der Waals surface area contributed by atoms with Crippen molar-refractivity contribution in [3.63, 3.8) is 0 Å². The Labute approximate surface area is 101 Å². The molecule has 0 saturated carbocycles. The second-order valence-corrected chi connectivity index (χ2v) is 4.01. The highest BCUT2D eigenvalue weighted by molar-refractivity contribution is 5.77. The van der Waals surface area contributed by atoms with Crippen LogP contribution in [0.2, 0.25) is 0 Å². The van der Waals surface area contributed by atoms with Crippen LogP contribution in [-0.4, -0.2) is 19.0 Å². The number of carbonyl (C=O) groups excluding carboxylic acids is 1. The Kier molecular flexibility index (Phi) is 5.63. The number of nitrogens with one attached hydrogen (secondary N) is 2. The lowest BCUT2D eigenvalue weighted by atomic mass is 10.1. The minimum Gasteiger partial charge on any atom is -0.355 e. The molecule has 0 unspecified atom stereocenters. The molecule has 0 aromatic heterocycles. The number of hydrogen-bond donors (Lipinski definition) is 2. The maximum absolute atomic E-state index is 13.0. The Hall–Kier alpha value is -1.42. The van der Waals surface area contributed by atoms with E-state index < -0.39 is 0 Å². The van der Waals surface area contributed by atoms with Crippen molar-refractivity contribution in [2.45, 2.75) is 26.3 Å². The minimum absolute atomic E-state index is 0.0323. The molecule has 0 saturated heterocycles. The largest absolute Gasteiger partial charge is 0.355 e. The van der Waals surface area contributed by atoms with Gasteiger partial charge in [-0.2, -0.15) is 0 Å². The van der Waals surface area contributed by atoms with E-state index in [4.69, 9.17) is 0 Å². The lowest BCUT2D eigenvalue weighted by molar-refractivity contribution is -0.120. The summed E-state index contributed by atoms with van der Waals surface area (Å²) in [5.74, 6) is -0.290. The molecule has 0 aliphatic heterocycles. The Bertz CT molecular complexity index is 368. The molecule has 0 heterocycles. The fourth-order valence-electron chi connectivity index (χ4n) is 1.47. The summed E-state index contributed by atoms with van der Waals surface area (Å²) in [4.78, 5) is 11.4. The van der Waals surface area contributed by atoms with Gasteiger partial charge in [0.15, 0.2) is 0 Å². The minimum atomic E-state index is -0.258. The van der Waals surface area contributed by atoms with Crippen LogP contribution < -0.4 is 10.6 Å². The summed E-state index contributed by atoms with van der Waals surface area (Å²) in [5.41, 5.74) is 0.841. The zero-order valence-electron chi connectivity index (χ0n) is 10.3. The van der Waals surface area contributed by atoms with Crippen molar-refractivity contribution in [2.75, 3.05) is 13.1 Å². The monoisotopic (exact) mass is 238 g/mol. The topological polar surface area (TPSA) is 41.1 Å². The Morgan fingerprint density at radius 2 is 2.24 bits per heavy atom. The predicted octanol–water partition coefficient (Wildman–Crippen LogP) is 2.00. The third-order valence-electron chi connectivity index (χ3n) is 2.49. The van der Waals surface area contributed by atoms with Crippen LogP contribution in [0.4, 0.5) is 4.39 Å². The lowest BCUT2D eigenvalue weighted by Gasteiger charge is -2.14. The molecule has 0 fully saturated rings. The highest BCUT2D eigenvalue weighted by Crippen LogP contribution is 2.12. The molecule has 1 aromatic carbocycles. The van der Waals surface area contributed by atoms with Crippen LogP contribution in [0.1, 0.15) is 31.9 Å². The smallest absolute Gasteiger partial charge is 0.233 e. The third-order valence-corrected chi connectivity index (χ3v) is 2.49. The fraction of sp³-hybridized carbons (Fsp3) is 0.462. The van der Waals surface area contributed by atoms with Crippen LogP contribution in [0.15, 0.2) is 24.3 Å². The number of rotatable bonds is 6. The number of amides is 1. The SMILES string of the molecule is CCCNC(=O)CN[C@H](C)c1cccc(F)c1. The molecule has 4 heteroatoms. The molecule has 1 aromatic rings. The summed E-state index contributed by atoms with van der Waals surface area (Å²) < 4.78 is 13.0. The summed E-state index contributed by atoms with van der Waals surface area (Å²) in [6, 6.07) is 6.34. The molecule has 0 aliphatic carbocycles. The summed E-state index contributed by atoms with van der Waals surface area (Å²) in [5, 5.41) is 5.83. The van der Waals surface area contributed by atoms with Gasteiger partial charge in [0.1, 0.15) is 5.82 Å². The van der Waals surface area contributed by atoms with E-state index in [1.165, 1.54) is 12.1 Å². The van der Waals surface area contributed by atoms with E-state index >= 15 is 0 Å². The van der Waals surface area contributed by atoms with E-state index in [0.717, 1.165) is 12.0 Å². The van der Waals surface area contributed by atoms with Gasteiger partial charge in [0.25, 0.3) is 0 Å². The van der Waals surface area contributed by atoms with Gasteiger partial charge >= 0.3 is 0 Å². The van der Waals surface area contributed by atoms with Gasteiger partial charge in [0, 0.05) is 12.6 Å². The Morgan fingerprint density at radius 1 is 1.47 bits per heavy atom.